The maximum atomic E-state index is 12.6. The molecule has 1 aromatic rings. The van der Waals surface area contributed by atoms with Crippen molar-refractivity contribution < 1.29 is 19.1 Å². The Kier molecular flexibility index (Phi) is 4.48. The minimum absolute atomic E-state index is 0.0156. The Balaban J connectivity index is 1.24. The van der Waals surface area contributed by atoms with E-state index >= 15 is 0 Å². The third kappa shape index (κ3) is 3.55. The standard InChI is InChI=1S/C19H24N2O4/c22-17(20-13-14-4-2-1-3-5-14)15-12-16(15)18(23)21-8-6-19(7-9-21)24-10-11-25-19/h1-5,15-16H,6-13H2,(H,20,22). The summed E-state index contributed by atoms with van der Waals surface area (Å²) >= 11 is 0. The van der Waals surface area contributed by atoms with Crippen molar-refractivity contribution >= 4 is 11.8 Å². The van der Waals surface area contributed by atoms with Crippen LogP contribution in [0.25, 0.3) is 0 Å². The van der Waals surface area contributed by atoms with E-state index in [0.29, 0.717) is 39.3 Å². The molecule has 6 nitrogen and oxygen atoms in total. The lowest BCUT2D eigenvalue weighted by molar-refractivity contribution is -0.187. The molecule has 6 heteroatoms. The number of benzene rings is 1. The molecule has 2 heterocycles. The van der Waals surface area contributed by atoms with Crippen molar-refractivity contribution in [2.75, 3.05) is 26.3 Å². The lowest BCUT2D eigenvalue weighted by Crippen LogP contribution is -2.48. The van der Waals surface area contributed by atoms with Gasteiger partial charge in [0.1, 0.15) is 0 Å². The Labute approximate surface area is 147 Å². The number of ether oxygens (including phenoxy) is 2. The van der Waals surface area contributed by atoms with Gasteiger partial charge in [0.05, 0.1) is 25.0 Å². The third-order valence-corrected chi connectivity index (χ3v) is 5.40. The van der Waals surface area contributed by atoms with Gasteiger partial charge >= 0.3 is 0 Å². The van der Waals surface area contributed by atoms with Crippen LogP contribution in [0.15, 0.2) is 30.3 Å². The van der Waals surface area contributed by atoms with Crippen molar-refractivity contribution in [3.63, 3.8) is 0 Å². The van der Waals surface area contributed by atoms with Crippen molar-refractivity contribution in [3.8, 4) is 0 Å². The van der Waals surface area contributed by atoms with E-state index in [1.807, 2.05) is 35.2 Å². The molecule has 1 spiro atoms. The molecule has 25 heavy (non-hydrogen) atoms. The number of likely N-dealkylation sites (tertiary alicyclic amines) is 1. The van der Waals surface area contributed by atoms with Gasteiger partial charge in [-0.1, -0.05) is 30.3 Å². The fourth-order valence-corrected chi connectivity index (χ4v) is 3.76. The number of rotatable bonds is 4. The van der Waals surface area contributed by atoms with Crippen molar-refractivity contribution in [1.29, 1.82) is 0 Å². The summed E-state index contributed by atoms with van der Waals surface area (Å²) in [4.78, 5) is 26.7. The highest BCUT2D eigenvalue weighted by Crippen LogP contribution is 2.41. The molecular formula is C19H24N2O4. The number of piperidine rings is 1. The van der Waals surface area contributed by atoms with Crippen molar-refractivity contribution in [2.24, 2.45) is 11.8 Å². The van der Waals surface area contributed by atoms with Crippen LogP contribution in [0, 0.1) is 11.8 Å². The normalized spacial score (nSPS) is 27.3. The van der Waals surface area contributed by atoms with Crippen LogP contribution in [0.1, 0.15) is 24.8 Å². The Bertz CT molecular complexity index is 632. The quantitative estimate of drug-likeness (QED) is 0.894. The van der Waals surface area contributed by atoms with Gasteiger partial charge in [-0.05, 0) is 12.0 Å². The summed E-state index contributed by atoms with van der Waals surface area (Å²) in [6, 6.07) is 9.81. The molecule has 1 aromatic carbocycles. The Morgan fingerprint density at radius 1 is 1.08 bits per heavy atom. The number of nitrogens with zero attached hydrogens (tertiary/aromatic N) is 1. The lowest BCUT2D eigenvalue weighted by atomic mass is 10.0. The Hall–Kier alpha value is -1.92. The smallest absolute Gasteiger partial charge is 0.226 e. The molecule has 4 rings (SSSR count). The SMILES string of the molecule is O=C(NCc1ccccc1)C1CC1C(=O)N1CCC2(CC1)OCCO2. The predicted octanol–water partition coefficient (Wildman–Crippen LogP) is 1.30. The first-order valence-electron chi connectivity index (χ1n) is 9.05. The summed E-state index contributed by atoms with van der Waals surface area (Å²) in [6.07, 6.45) is 2.10. The molecule has 1 N–H and O–H groups in total. The van der Waals surface area contributed by atoms with Crippen LogP contribution in [0.3, 0.4) is 0 Å². The van der Waals surface area contributed by atoms with Crippen LogP contribution in [-0.4, -0.2) is 48.8 Å². The molecule has 0 aromatic heterocycles. The lowest BCUT2D eigenvalue weighted by Gasteiger charge is -2.37. The van der Waals surface area contributed by atoms with Gasteiger partial charge in [-0.15, -0.1) is 0 Å². The van der Waals surface area contributed by atoms with Crippen molar-refractivity contribution in [2.45, 2.75) is 31.6 Å². The largest absolute Gasteiger partial charge is 0.352 e. The number of carbonyl (C=O) groups excluding carboxylic acids is 2. The first kappa shape index (κ1) is 16.5. The molecule has 2 aliphatic heterocycles. The summed E-state index contributed by atoms with van der Waals surface area (Å²) in [5.74, 6) is -0.709. The van der Waals surface area contributed by atoms with Gasteiger partial charge in [0, 0.05) is 32.5 Å². The Morgan fingerprint density at radius 2 is 1.76 bits per heavy atom. The molecule has 0 bridgehead atoms. The van der Waals surface area contributed by atoms with Crippen LogP contribution < -0.4 is 5.32 Å². The summed E-state index contributed by atoms with van der Waals surface area (Å²) in [7, 11) is 0. The van der Waals surface area contributed by atoms with Crippen molar-refractivity contribution in [1.82, 2.24) is 10.2 Å². The van der Waals surface area contributed by atoms with Gasteiger partial charge < -0.3 is 19.7 Å². The van der Waals surface area contributed by atoms with Gasteiger partial charge in [0.2, 0.25) is 11.8 Å². The van der Waals surface area contributed by atoms with Crippen molar-refractivity contribution in [3.05, 3.63) is 35.9 Å². The topological polar surface area (TPSA) is 67.9 Å². The summed E-state index contributed by atoms with van der Waals surface area (Å²) in [5, 5.41) is 2.94. The molecule has 2 unspecified atom stereocenters. The molecule has 2 atom stereocenters. The molecule has 1 saturated carbocycles. The molecule has 2 amide bonds. The monoisotopic (exact) mass is 344 g/mol. The number of hydrogen-bond donors (Lipinski definition) is 1. The van der Waals surface area contributed by atoms with E-state index in [4.69, 9.17) is 9.47 Å². The molecule has 3 aliphatic rings. The van der Waals surface area contributed by atoms with E-state index in [0.717, 1.165) is 18.4 Å². The van der Waals surface area contributed by atoms with Crippen LogP contribution in [0.2, 0.25) is 0 Å². The van der Waals surface area contributed by atoms with E-state index in [1.165, 1.54) is 0 Å². The van der Waals surface area contributed by atoms with E-state index in [9.17, 15) is 9.59 Å². The second-order valence-corrected chi connectivity index (χ2v) is 7.08. The van der Waals surface area contributed by atoms with Gasteiger partial charge in [-0.2, -0.15) is 0 Å². The van der Waals surface area contributed by atoms with Crippen LogP contribution >= 0.6 is 0 Å². The molecule has 0 radical (unpaired) electrons. The number of hydrogen-bond acceptors (Lipinski definition) is 4. The van der Waals surface area contributed by atoms with E-state index in [2.05, 4.69) is 5.32 Å². The zero-order chi connectivity index (χ0) is 17.3. The Morgan fingerprint density at radius 3 is 2.44 bits per heavy atom. The predicted molar refractivity (Wildman–Crippen MR) is 90.3 cm³/mol. The van der Waals surface area contributed by atoms with Crippen LogP contribution in [-0.2, 0) is 25.6 Å². The second-order valence-electron chi connectivity index (χ2n) is 7.08. The fourth-order valence-electron chi connectivity index (χ4n) is 3.76. The van der Waals surface area contributed by atoms with Gasteiger partial charge in [0.25, 0.3) is 0 Å². The van der Waals surface area contributed by atoms with Crippen LogP contribution in [0.4, 0.5) is 0 Å². The molecule has 134 valence electrons. The van der Waals surface area contributed by atoms with Gasteiger partial charge in [0.15, 0.2) is 5.79 Å². The zero-order valence-electron chi connectivity index (χ0n) is 14.3. The fraction of sp³-hybridized carbons (Fsp3) is 0.579. The minimum Gasteiger partial charge on any atom is -0.352 e. The average molecular weight is 344 g/mol. The molecule has 3 fully saturated rings. The second kappa shape index (κ2) is 6.77. The summed E-state index contributed by atoms with van der Waals surface area (Å²) in [6.45, 7) is 3.08. The third-order valence-electron chi connectivity index (χ3n) is 5.40. The number of carbonyl (C=O) groups is 2. The van der Waals surface area contributed by atoms with Gasteiger partial charge in [-0.25, -0.2) is 0 Å². The summed E-state index contributed by atoms with van der Waals surface area (Å²) in [5.41, 5.74) is 1.07. The number of amides is 2. The summed E-state index contributed by atoms with van der Waals surface area (Å²) < 4.78 is 11.4. The highest BCUT2D eigenvalue weighted by molar-refractivity contribution is 5.92. The van der Waals surface area contributed by atoms with Crippen LogP contribution in [0.5, 0.6) is 0 Å². The first-order chi connectivity index (χ1) is 12.2. The maximum Gasteiger partial charge on any atom is 0.226 e. The maximum absolute atomic E-state index is 12.6. The van der Waals surface area contributed by atoms with E-state index < -0.39 is 5.79 Å². The highest BCUT2D eigenvalue weighted by atomic mass is 16.7. The molecular weight excluding hydrogens is 320 g/mol. The van der Waals surface area contributed by atoms with E-state index in [1.54, 1.807) is 0 Å². The van der Waals surface area contributed by atoms with Gasteiger partial charge in [-0.3, -0.25) is 9.59 Å². The highest BCUT2D eigenvalue weighted by Gasteiger charge is 2.51. The zero-order valence-corrected chi connectivity index (χ0v) is 14.3. The molecule has 2 saturated heterocycles. The van der Waals surface area contributed by atoms with E-state index in [-0.39, 0.29) is 23.7 Å². The molecule has 1 aliphatic carbocycles. The first-order valence-corrected chi connectivity index (χ1v) is 9.05. The average Bonchev–Trinajstić information content (AvgIpc) is 3.34. The minimum atomic E-state index is -0.465. The number of nitrogens with one attached hydrogen (secondary N) is 1.